The molecule has 0 saturated heterocycles. The molecule has 0 spiro atoms. The van der Waals surface area contributed by atoms with Crippen LogP contribution in [-0.2, 0) is 0 Å². The third-order valence-electron chi connectivity index (χ3n) is 3.67. The predicted molar refractivity (Wildman–Crippen MR) is 93.2 cm³/mol. The molecule has 4 rings (SSSR count). The monoisotopic (exact) mass is 352 g/mol. The molecule has 1 aromatic carbocycles. The van der Waals surface area contributed by atoms with E-state index < -0.39 is 5.82 Å². The second-order valence-corrected chi connectivity index (χ2v) is 5.64. The fourth-order valence-electron chi connectivity index (χ4n) is 2.59. The van der Waals surface area contributed by atoms with Gasteiger partial charge in [-0.2, -0.15) is 0 Å². The van der Waals surface area contributed by atoms with E-state index in [4.69, 9.17) is 17.3 Å². The van der Waals surface area contributed by atoms with Crippen molar-refractivity contribution in [1.29, 1.82) is 0 Å². The summed E-state index contributed by atoms with van der Waals surface area (Å²) in [6, 6.07) is 5.87. The van der Waals surface area contributed by atoms with Gasteiger partial charge in [0.2, 0.25) is 0 Å². The van der Waals surface area contributed by atoms with Crippen molar-refractivity contribution in [2.75, 3.05) is 5.73 Å². The molecule has 25 heavy (non-hydrogen) atoms. The average Bonchev–Trinajstić information content (AvgIpc) is 2.63. The standard InChI is InChI=1S/C17H10ClFN6/c18-9-1-2-11(19)10(7-9)14-13(12(20)3-4-21-14)15-16-17(25-8-24-15)23-6-5-22-16/h1-8H,(H2,20,21). The highest BCUT2D eigenvalue weighted by Gasteiger charge is 2.20. The highest BCUT2D eigenvalue weighted by atomic mass is 35.5. The van der Waals surface area contributed by atoms with Gasteiger partial charge in [-0.3, -0.25) is 4.98 Å². The summed E-state index contributed by atoms with van der Waals surface area (Å²) in [7, 11) is 0. The summed E-state index contributed by atoms with van der Waals surface area (Å²) in [4.78, 5) is 21.1. The lowest BCUT2D eigenvalue weighted by atomic mass is 10.0. The van der Waals surface area contributed by atoms with E-state index in [1.165, 1.54) is 43.1 Å². The first-order valence-corrected chi connectivity index (χ1v) is 7.65. The molecule has 3 heterocycles. The number of anilines is 1. The molecule has 0 atom stereocenters. The van der Waals surface area contributed by atoms with Crippen LogP contribution in [0.5, 0.6) is 0 Å². The molecule has 0 aliphatic carbocycles. The zero-order chi connectivity index (χ0) is 17.4. The van der Waals surface area contributed by atoms with Gasteiger partial charge in [-0.1, -0.05) is 11.6 Å². The molecule has 122 valence electrons. The molecule has 3 aromatic heterocycles. The van der Waals surface area contributed by atoms with Crippen LogP contribution in [0.3, 0.4) is 0 Å². The Morgan fingerprint density at radius 2 is 1.72 bits per heavy atom. The van der Waals surface area contributed by atoms with Crippen molar-refractivity contribution < 1.29 is 4.39 Å². The number of rotatable bonds is 2. The van der Waals surface area contributed by atoms with Gasteiger partial charge in [0.05, 0.1) is 11.3 Å². The molecule has 0 aliphatic heterocycles. The van der Waals surface area contributed by atoms with Crippen LogP contribution in [0.1, 0.15) is 0 Å². The van der Waals surface area contributed by atoms with E-state index in [1.807, 2.05) is 0 Å². The quantitative estimate of drug-likeness (QED) is 0.593. The van der Waals surface area contributed by atoms with E-state index in [-0.39, 0.29) is 5.56 Å². The lowest BCUT2D eigenvalue weighted by Crippen LogP contribution is -2.01. The van der Waals surface area contributed by atoms with Crippen LogP contribution in [0, 0.1) is 5.82 Å². The Kier molecular flexibility index (Phi) is 3.70. The molecular weight excluding hydrogens is 343 g/mol. The van der Waals surface area contributed by atoms with Gasteiger partial charge in [-0.15, -0.1) is 0 Å². The van der Waals surface area contributed by atoms with Crippen LogP contribution >= 0.6 is 11.6 Å². The molecule has 0 unspecified atom stereocenters. The van der Waals surface area contributed by atoms with Crippen molar-refractivity contribution in [2.24, 2.45) is 0 Å². The zero-order valence-corrected chi connectivity index (χ0v) is 13.4. The second kappa shape index (κ2) is 6.03. The second-order valence-electron chi connectivity index (χ2n) is 5.20. The van der Waals surface area contributed by atoms with Crippen molar-refractivity contribution in [1.82, 2.24) is 24.9 Å². The molecule has 0 radical (unpaired) electrons. The Balaban J connectivity index is 2.07. The van der Waals surface area contributed by atoms with Gasteiger partial charge in [0.25, 0.3) is 0 Å². The lowest BCUT2D eigenvalue weighted by Gasteiger charge is -2.13. The summed E-state index contributed by atoms with van der Waals surface area (Å²) in [5.41, 5.74) is 8.85. The number of halogens is 2. The van der Waals surface area contributed by atoms with E-state index in [0.29, 0.717) is 38.8 Å². The van der Waals surface area contributed by atoms with Crippen molar-refractivity contribution in [3.8, 4) is 22.5 Å². The van der Waals surface area contributed by atoms with Crippen molar-refractivity contribution in [3.05, 3.63) is 60.0 Å². The molecule has 0 saturated carbocycles. The van der Waals surface area contributed by atoms with Crippen LogP contribution in [0.25, 0.3) is 33.7 Å². The van der Waals surface area contributed by atoms with Crippen LogP contribution in [0.4, 0.5) is 10.1 Å². The molecule has 0 aliphatic rings. The third-order valence-corrected chi connectivity index (χ3v) is 3.91. The number of nitrogens with two attached hydrogens (primary N) is 1. The summed E-state index contributed by atoms with van der Waals surface area (Å²) < 4.78 is 14.4. The summed E-state index contributed by atoms with van der Waals surface area (Å²) in [5, 5.41) is 0.388. The third kappa shape index (κ3) is 2.64. The molecule has 0 fully saturated rings. The van der Waals surface area contributed by atoms with Crippen LogP contribution in [0.15, 0.2) is 49.2 Å². The minimum atomic E-state index is -0.465. The smallest absolute Gasteiger partial charge is 0.181 e. The molecule has 0 amide bonds. The number of fused-ring (bicyclic) bond motifs is 1. The molecule has 4 aromatic rings. The maximum Gasteiger partial charge on any atom is 0.181 e. The van der Waals surface area contributed by atoms with Gasteiger partial charge in [-0.05, 0) is 24.3 Å². The highest BCUT2D eigenvalue weighted by molar-refractivity contribution is 6.30. The number of aromatic nitrogens is 5. The fourth-order valence-corrected chi connectivity index (χ4v) is 2.76. The Morgan fingerprint density at radius 3 is 2.60 bits per heavy atom. The molecule has 6 nitrogen and oxygen atoms in total. The molecular formula is C17H10ClFN6. The number of benzene rings is 1. The Morgan fingerprint density at radius 1 is 0.880 bits per heavy atom. The van der Waals surface area contributed by atoms with Gasteiger partial charge < -0.3 is 5.73 Å². The van der Waals surface area contributed by atoms with E-state index >= 15 is 0 Å². The zero-order valence-electron chi connectivity index (χ0n) is 12.7. The largest absolute Gasteiger partial charge is 0.398 e. The number of nitrogen functional groups attached to an aromatic ring is 1. The lowest BCUT2D eigenvalue weighted by molar-refractivity contribution is 0.631. The van der Waals surface area contributed by atoms with Gasteiger partial charge in [0.15, 0.2) is 5.65 Å². The summed E-state index contributed by atoms with van der Waals surface area (Å²) >= 11 is 6.03. The number of nitrogens with zero attached hydrogens (tertiary/aromatic N) is 5. The number of hydrogen-bond acceptors (Lipinski definition) is 6. The van der Waals surface area contributed by atoms with Crippen molar-refractivity contribution in [3.63, 3.8) is 0 Å². The molecule has 0 bridgehead atoms. The van der Waals surface area contributed by atoms with E-state index in [9.17, 15) is 4.39 Å². The minimum absolute atomic E-state index is 0.227. The SMILES string of the molecule is Nc1ccnc(-c2cc(Cl)ccc2F)c1-c1ncnc2nccnc12. The van der Waals surface area contributed by atoms with Gasteiger partial charge in [0.1, 0.15) is 23.4 Å². The first-order valence-electron chi connectivity index (χ1n) is 7.27. The summed E-state index contributed by atoms with van der Waals surface area (Å²) in [5.74, 6) is -0.465. The maximum atomic E-state index is 14.4. The average molecular weight is 353 g/mol. The maximum absolute atomic E-state index is 14.4. The molecule has 8 heteroatoms. The topological polar surface area (TPSA) is 90.5 Å². The first kappa shape index (κ1) is 15.3. The summed E-state index contributed by atoms with van der Waals surface area (Å²) in [6.07, 6.45) is 5.92. The van der Waals surface area contributed by atoms with Crippen LogP contribution in [0.2, 0.25) is 5.02 Å². The predicted octanol–water partition coefficient (Wildman–Crippen LogP) is 3.52. The number of pyridine rings is 1. The van der Waals surface area contributed by atoms with Gasteiger partial charge >= 0.3 is 0 Å². The van der Waals surface area contributed by atoms with E-state index in [0.717, 1.165) is 0 Å². The minimum Gasteiger partial charge on any atom is -0.398 e. The van der Waals surface area contributed by atoms with Crippen molar-refractivity contribution in [2.45, 2.75) is 0 Å². The van der Waals surface area contributed by atoms with Gasteiger partial charge in [-0.25, -0.2) is 24.3 Å². The Hall–Kier alpha value is -3.19. The fraction of sp³-hybridized carbons (Fsp3) is 0. The highest BCUT2D eigenvalue weighted by Crippen LogP contribution is 2.37. The Labute approximate surface area is 146 Å². The van der Waals surface area contributed by atoms with E-state index in [2.05, 4.69) is 24.9 Å². The van der Waals surface area contributed by atoms with Crippen LogP contribution < -0.4 is 5.73 Å². The number of hydrogen-bond donors (Lipinski definition) is 1. The molecule has 2 N–H and O–H groups in total. The summed E-state index contributed by atoms with van der Waals surface area (Å²) in [6.45, 7) is 0. The van der Waals surface area contributed by atoms with Gasteiger partial charge in [0, 0.05) is 34.9 Å². The van der Waals surface area contributed by atoms with Crippen LogP contribution in [-0.4, -0.2) is 24.9 Å². The van der Waals surface area contributed by atoms with E-state index in [1.54, 1.807) is 6.07 Å². The first-order chi connectivity index (χ1) is 12.1. The normalized spacial score (nSPS) is 11.0. The van der Waals surface area contributed by atoms with Crippen molar-refractivity contribution >= 4 is 28.5 Å². The Bertz CT molecular complexity index is 1100.